The van der Waals surface area contributed by atoms with E-state index in [0.29, 0.717) is 13.2 Å². The zero-order valence-electron chi connectivity index (χ0n) is 10.0. The molecule has 5 nitrogen and oxygen atoms in total. The van der Waals surface area contributed by atoms with Crippen molar-refractivity contribution < 1.29 is 14.3 Å². The summed E-state index contributed by atoms with van der Waals surface area (Å²) in [5.41, 5.74) is 0.902. The normalized spacial score (nSPS) is 12.8. The number of halogens is 1. The lowest BCUT2D eigenvalue weighted by atomic mass is 10.4. The van der Waals surface area contributed by atoms with Crippen molar-refractivity contribution in [1.82, 2.24) is 9.78 Å². The number of aromatic nitrogens is 2. The monoisotopic (exact) mass is 314 g/mol. The standard InChI is InChI=1S/C12H15BrN2O3/c1-9-12(13)6-15(14-9)5-10(16)7-17-8-11-3-2-4-18-11/h2-4,6,10,16H,5,7-8H2,1H3. The van der Waals surface area contributed by atoms with Gasteiger partial charge in [0, 0.05) is 6.20 Å². The van der Waals surface area contributed by atoms with Crippen LogP contribution in [0.5, 0.6) is 0 Å². The van der Waals surface area contributed by atoms with Crippen molar-refractivity contribution in [3.8, 4) is 0 Å². The minimum absolute atomic E-state index is 0.247. The Kier molecular flexibility index (Phi) is 4.57. The number of ether oxygens (including phenoxy) is 1. The summed E-state index contributed by atoms with van der Waals surface area (Å²) >= 11 is 3.38. The Labute approximate surface area is 113 Å². The van der Waals surface area contributed by atoms with E-state index in [0.717, 1.165) is 15.9 Å². The van der Waals surface area contributed by atoms with Crippen molar-refractivity contribution in [2.75, 3.05) is 6.61 Å². The highest BCUT2D eigenvalue weighted by Gasteiger charge is 2.09. The van der Waals surface area contributed by atoms with Gasteiger partial charge in [-0.25, -0.2) is 0 Å². The maximum Gasteiger partial charge on any atom is 0.129 e. The van der Waals surface area contributed by atoms with Crippen LogP contribution in [-0.4, -0.2) is 27.6 Å². The summed E-state index contributed by atoms with van der Waals surface area (Å²) in [5, 5.41) is 14.0. The molecule has 0 saturated carbocycles. The summed E-state index contributed by atoms with van der Waals surface area (Å²) in [6, 6.07) is 3.64. The highest BCUT2D eigenvalue weighted by molar-refractivity contribution is 9.10. The number of aliphatic hydroxyl groups excluding tert-OH is 1. The van der Waals surface area contributed by atoms with Crippen molar-refractivity contribution in [3.63, 3.8) is 0 Å². The molecule has 2 aromatic rings. The summed E-state index contributed by atoms with van der Waals surface area (Å²) in [4.78, 5) is 0. The minimum Gasteiger partial charge on any atom is -0.467 e. The Balaban J connectivity index is 1.73. The molecule has 98 valence electrons. The van der Waals surface area contributed by atoms with Crippen LogP contribution in [-0.2, 0) is 17.9 Å². The number of nitrogens with zero attached hydrogens (tertiary/aromatic N) is 2. The first-order chi connectivity index (χ1) is 8.65. The highest BCUT2D eigenvalue weighted by atomic mass is 79.9. The van der Waals surface area contributed by atoms with E-state index in [4.69, 9.17) is 9.15 Å². The van der Waals surface area contributed by atoms with Gasteiger partial charge in [0.1, 0.15) is 12.4 Å². The lowest BCUT2D eigenvalue weighted by molar-refractivity contribution is 0.0131. The van der Waals surface area contributed by atoms with Gasteiger partial charge < -0.3 is 14.3 Å². The lowest BCUT2D eigenvalue weighted by Crippen LogP contribution is -2.22. The van der Waals surface area contributed by atoms with Crippen LogP contribution in [0.25, 0.3) is 0 Å². The van der Waals surface area contributed by atoms with Gasteiger partial charge in [-0.2, -0.15) is 5.10 Å². The Morgan fingerprint density at radius 2 is 2.44 bits per heavy atom. The van der Waals surface area contributed by atoms with Crippen LogP contribution >= 0.6 is 15.9 Å². The predicted octanol–water partition coefficient (Wildman–Crippen LogP) is 2.12. The summed E-state index contributed by atoms with van der Waals surface area (Å²) in [6.07, 6.45) is 2.84. The second-order valence-corrected chi connectivity index (χ2v) is 4.89. The molecule has 0 aliphatic heterocycles. The molecule has 0 aliphatic rings. The first-order valence-corrected chi connectivity index (χ1v) is 6.42. The third-order valence-electron chi connectivity index (χ3n) is 2.42. The minimum atomic E-state index is -0.592. The maximum absolute atomic E-state index is 9.80. The molecule has 2 heterocycles. The average Bonchev–Trinajstić information content (AvgIpc) is 2.90. The fourth-order valence-corrected chi connectivity index (χ4v) is 1.86. The fraction of sp³-hybridized carbons (Fsp3) is 0.417. The SMILES string of the molecule is Cc1nn(CC(O)COCc2ccco2)cc1Br. The van der Waals surface area contributed by atoms with E-state index in [1.54, 1.807) is 17.0 Å². The molecule has 6 heteroatoms. The zero-order valence-corrected chi connectivity index (χ0v) is 11.6. The molecule has 1 N–H and O–H groups in total. The lowest BCUT2D eigenvalue weighted by Gasteiger charge is -2.10. The number of aliphatic hydroxyl groups is 1. The molecule has 0 fully saturated rings. The van der Waals surface area contributed by atoms with Gasteiger partial charge >= 0.3 is 0 Å². The van der Waals surface area contributed by atoms with Gasteiger partial charge in [-0.1, -0.05) is 0 Å². The quantitative estimate of drug-likeness (QED) is 0.887. The number of furan rings is 1. The molecule has 0 bridgehead atoms. The van der Waals surface area contributed by atoms with Gasteiger partial charge in [-0.15, -0.1) is 0 Å². The number of hydrogen-bond donors (Lipinski definition) is 1. The average molecular weight is 315 g/mol. The van der Waals surface area contributed by atoms with Crippen LogP contribution in [0.4, 0.5) is 0 Å². The van der Waals surface area contributed by atoms with Crippen molar-refractivity contribution in [2.45, 2.75) is 26.2 Å². The molecular formula is C12H15BrN2O3. The summed E-state index contributed by atoms with van der Waals surface area (Å²) in [5.74, 6) is 0.750. The molecule has 1 atom stereocenters. The van der Waals surface area contributed by atoms with Gasteiger partial charge in [0.05, 0.1) is 35.7 Å². The zero-order chi connectivity index (χ0) is 13.0. The summed E-state index contributed by atoms with van der Waals surface area (Å²) < 4.78 is 13.1. The second-order valence-electron chi connectivity index (χ2n) is 4.03. The van der Waals surface area contributed by atoms with Crippen molar-refractivity contribution >= 4 is 15.9 Å². The summed E-state index contributed by atoms with van der Waals surface area (Å²) in [7, 11) is 0. The van der Waals surface area contributed by atoms with Crippen LogP contribution in [0, 0.1) is 6.92 Å². The van der Waals surface area contributed by atoms with Gasteiger partial charge in [0.25, 0.3) is 0 Å². The third-order valence-corrected chi connectivity index (χ3v) is 3.20. The predicted molar refractivity (Wildman–Crippen MR) is 69.0 cm³/mol. The summed E-state index contributed by atoms with van der Waals surface area (Å²) in [6.45, 7) is 2.92. The van der Waals surface area contributed by atoms with E-state index in [1.165, 1.54) is 0 Å². The number of hydrogen-bond acceptors (Lipinski definition) is 4. The largest absolute Gasteiger partial charge is 0.467 e. The first-order valence-electron chi connectivity index (χ1n) is 5.63. The molecule has 2 rings (SSSR count). The molecule has 0 radical (unpaired) electrons. The first kappa shape index (κ1) is 13.3. The molecule has 2 aromatic heterocycles. The van der Waals surface area contributed by atoms with Crippen LogP contribution < -0.4 is 0 Å². The second kappa shape index (κ2) is 6.17. The molecule has 18 heavy (non-hydrogen) atoms. The van der Waals surface area contributed by atoms with E-state index in [9.17, 15) is 5.11 Å². The highest BCUT2D eigenvalue weighted by Crippen LogP contribution is 2.13. The van der Waals surface area contributed by atoms with E-state index in [2.05, 4.69) is 21.0 Å². The van der Waals surface area contributed by atoms with Crippen molar-refractivity contribution in [3.05, 3.63) is 40.5 Å². The molecule has 0 amide bonds. The van der Waals surface area contributed by atoms with E-state index < -0.39 is 6.10 Å². The van der Waals surface area contributed by atoms with Crippen molar-refractivity contribution in [2.24, 2.45) is 0 Å². The van der Waals surface area contributed by atoms with Crippen molar-refractivity contribution in [1.29, 1.82) is 0 Å². The molecule has 0 spiro atoms. The molecule has 0 aromatic carbocycles. The van der Waals surface area contributed by atoms with Crippen LogP contribution in [0.15, 0.2) is 33.5 Å². The smallest absolute Gasteiger partial charge is 0.129 e. The van der Waals surface area contributed by atoms with Crippen LogP contribution in [0.2, 0.25) is 0 Å². The molecule has 0 saturated heterocycles. The molecular weight excluding hydrogens is 300 g/mol. The third kappa shape index (κ3) is 3.69. The van der Waals surface area contributed by atoms with E-state index in [1.807, 2.05) is 19.2 Å². The van der Waals surface area contributed by atoms with Crippen LogP contribution in [0.3, 0.4) is 0 Å². The maximum atomic E-state index is 9.80. The van der Waals surface area contributed by atoms with E-state index >= 15 is 0 Å². The Morgan fingerprint density at radius 1 is 1.61 bits per heavy atom. The number of aryl methyl sites for hydroxylation is 1. The molecule has 0 aliphatic carbocycles. The van der Waals surface area contributed by atoms with Gasteiger partial charge in [0.15, 0.2) is 0 Å². The number of rotatable bonds is 6. The Hall–Kier alpha value is -1.11. The Bertz CT molecular complexity index is 462. The Morgan fingerprint density at radius 3 is 3.06 bits per heavy atom. The van der Waals surface area contributed by atoms with E-state index in [-0.39, 0.29) is 6.61 Å². The van der Waals surface area contributed by atoms with Crippen LogP contribution in [0.1, 0.15) is 11.5 Å². The van der Waals surface area contributed by atoms with Gasteiger partial charge in [-0.05, 0) is 35.0 Å². The fourth-order valence-electron chi connectivity index (χ4n) is 1.55. The molecule has 1 unspecified atom stereocenters. The topological polar surface area (TPSA) is 60.4 Å². The van der Waals surface area contributed by atoms with Gasteiger partial charge in [0.2, 0.25) is 0 Å². The van der Waals surface area contributed by atoms with Gasteiger partial charge in [-0.3, -0.25) is 4.68 Å².